The van der Waals surface area contributed by atoms with Crippen molar-refractivity contribution in [2.45, 2.75) is 26.7 Å². The van der Waals surface area contributed by atoms with Crippen molar-refractivity contribution in [1.82, 2.24) is 0 Å². The van der Waals surface area contributed by atoms with Crippen LogP contribution < -0.4 is 10.1 Å². The van der Waals surface area contributed by atoms with Gasteiger partial charge in [0.2, 0.25) is 5.91 Å². The highest BCUT2D eigenvalue weighted by molar-refractivity contribution is 5.96. The molecule has 0 aromatic heterocycles. The van der Waals surface area contributed by atoms with Crippen LogP contribution >= 0.6 is 0 Å². The Hall–Kier alpha value is -2.62. The second-order valence-corrected chi connectivity index (χ2v) is 5.32. The van der Waals surface area contributed by atoms with Crippen LogP contribution in [-0.4, -0.2) is 18.8 Å². The van der Waals surface area contributed by atoms with Gasteiger partial charge in [0, 0.05) is 16.8 Å². The summed E-state index contributed by atoms with van der Waals surface area (Å²) in [5.74, 6) is 0.435. The smallest absolute Gasteiger partial charge is 0.228 e. The molecule has 0 radical (unpaired) electrons. The second kappa shape index (κ2) is 7.58. The topological polar surface area (TPSA) is 55.4 Å². The van der Waals surface area contributed by atoms with E-state index in [4.69, 9.17) is 4.74 Å². The molecule has 23 heavy (non-hydrogen) atoms. The van der Waals surface area contributed by atoms with E-state index in [-0.39, 0.29) is 18.1 Å². The number of Topliss-reactive ketones (excluding diaryl/α,β-unsaturated/α-hetero) is 1. The average molecular weight is 311 g/mol. The zero-order chi connectivity index (χ0) is 16.8. The summed E-state index contributed by atoms with van der Waals surface area (Å²) in [6, 6.07) is 12.9. The van der Waals surface area contributed by atoms with Gasteiger partial charge in [-0.15, -0.1) is 0 Å². The molecule has 0 aliphatic rings. The van der Waals surface area contributed by atoms with E-state index in [0.29, 0.717) is 16.9 Å². The lowest BCUT2D eigenvalue weighted by Gasteiger charge is -2.12. The van der Waals surface area contributed by atoms with Crippen LogP contribution in [0.25, 0.3) is 0 Å². The van der Waals surface area contributed by atoms with E-state index in [1.54, 1.807) is 25.3 Å². The minimum atomic E-state index is -0.134. The lowest BCUT2D eigenvalue weighted by molar-refractivity contribution is -0.115. The zero-order valence-corrected chi connectivity index (χ0v) is 13.7. The minimum Gasteiger partial charge on any atom is -0.496 e. The maximum Gasteiger partial charge on any atom is 0.228 e. The normalized spacial score (nSPS) is 10.2. The summed E-state index contributed by atoms with van der Waals surface area (Å²) in [6.07, 6.45) is 1.00. The minimum absolute atomic E-state index is 0.0364. The second-order valence-electron chi connectivity index (χ2n) is 5.32. The molecule has 120 valence electrons. The number of carbonyl (C=O) groups excluding carboxylic acids is 2. The summed E-state index contributed by atoms with van der Waals surface area (Å²) in [5, 5.41) is 2.93. The Morgan fingerprint density at radius 3 is 2.48 bits per heavy atom. The Morgan fingerprint density at radius 2 is 1.83 bits per heavy atom. The maximum atomic E-state index is 12.3. The predicted octanol–water partition coefficient (Wildman–Crippen LogP) is 3.64. The molecule has 0 spiro atoms. The molecule has 0 fully saturated rings. The van der Waals surface area contributed by atoms with Crippen LogP contribution in [0.4, 0.5) is 5.69 Å². The number of nitrogens with one attached hydrogen (secondary N) is 1. The molecule has 4 heteroatoms. The van der Waals surface area contributed by atoms with Gasteiger partial charge in [-0.05, 0) is 43.2 Å². The number of hydrogen-bond donors (Lipinski definition) is 1. The van der Waals surface area contributed by atoms with Crippen molar-refractivity contribution in [3.05, 3.63) is 59.2 Å². The first-order chi connectivity index (χ1) is 11.0. The first kappa shape index (κ1) is 16.7. The summed E-state index contributed by atoms with van der Waals surface area (Å²) in [5.41, 5.74) is 3.18. The van der Waals surface area contributed by atoms with Gasteiger partial charge in [0.1, 0.15) is 5.75 Å². The van der Waals surface area contributed by atoms with E-state index in [1.165, 1.54) is 6.92 Å². The highest BCUT2D eigenvalue weighted by atomic mass is 16.5. The molecule has 4 nitrogen and oxygen atoms in total. The Balaban J connectivity index is 2.19. The third kappa shape index (κ3) is 4.19. The number of aryl methyl sites for hydroxylation is 1. The van der Waals surface area contributed by atoms with Gasteiger partial charge < -0.3 is 10.1 Å². The first-order valence-electron chi connectivity index (χ1n) is 7.60. The molecule has 0 heterocycles. The van der Waals surface area contributed by atoms with Crippen molar-refractivity contribution >= 4 is 17.4 Å². The van der Waals surface area contributed by atoms with Gasteiger partial charge in [-0.1, -0.05) is 25.1 Å². The van der Waals surface area contributed by atoms with Gasteiger partial charge in [0.25, 0.3) is 0 Å². The van der Waals surface area contributed by atoms with Gasteiger partial charge in [-0.3, -0.25) is 9.59 Å². The Bertz CT molecular complexity index is 722. The average Bonchev–Trinajstić information content (AvgIpc) is 2.55. The van der Waals surface area contributed by atoms with E-state index in [1.807, 2.05) is 31.2 Å². The fraction of sp³-hybridized carbons (Fsp3) is 0.263. The van der Waals surface area contributed by atoms with Crippen LogP contribution in [0, 0.1) is 0 Å². The Kier molecular flexibility index (Phi) is 5.52. The number of carbonyl (C=O) groups is 2. The molecule has 2 aromatic rings. The van der Waals surface area contributed by atoms with E-state index >= 15 is 0 Å². The largest absolute Gasteiger partial charge is 0.496 e. The number of methoxy groups -OCH3 is 1. The summed E-state index contributed by atoms with van der Waals surface area (Å²) in [6.45, 7) is 3.55. The van der Waals surface area contributed by atoms with Crippen molar-refractivity contribution in [2.75, 3.05) is 12.4 Å². The third-order valence-corrected chi connectivity index (χ3v) is 3.71. The number of rotatable bonds is 6. The van der Waals surface area contributed by atoms with E-state index in [0.717, 1.165) is 17.7 Å². The Morgan fingerprint density at radius 1 is 1.09 bits per heavy atom. The molecule has 0 atom stereocenters. The number of anilines is 1. The quantitative estimate of drug-likeness (QED) is 0.829. The van der Waals surface area contributed by atoms with Gasteiger partial charge in [-0.25, -0.2) is 0 Å². The number of amides is 1. The zero-order valence-electron chi connectivity index (χ0n) is 13.7. The number of benzene rings is 2. The first-order valence-corrected chi connectivity index (χ1v) is 7.60. The number of para-hydroxylation sites is 1. The molecule has 0 unspecified atom stereocenters. The highest BCUT2D eigenvalue weighted by Crippen LogP contribution is 2.22. The van der Waals surface area contributed by atoms with Crippen LogP contribution in [0.2, 0.25) is 0 Å². The van der Waals surface area contributed by atoms with Crippen molar-refractivity contribution in [3.8, 4) is 5.75 Å². The lowest BCUT2D eigenvalue weighted by Crippen LogP contribution is -2.16. The molecule has 0 bridgehead atoms. The van der Waals surface area contributed by atoms with Gasteiger partial charge in [0.05, 0.1) is 13.5 Å². The fourth-order valence-corrected chi connectivity index (χ4v) is 2.45. The molecule has 1 amide bonds. The maximum absolute atomic E-state index is 12.3. The number of ketones is 1. The molecule has 1 N–H and O–H groups in total. The summed E-state index contributed by atoms with van der Waals surface area (Å²) < 4.78 is 5.28. The van der Waals surface area contributed by atoms with Gasteiger partial charge in [0.15, 0.2) is 5.78 Å². The molecule has 0 saturated heterocycles. The van der Waals surface area contributed by atoms with Gasteiger partial charge >= 0.3 is 0 Å². The SMILES string of the molecule is CCc1ccccc1NC(=O)Cc1cc(C(C)=O)ccc1OC. The number of hydrogen-bond acceptors (Lipinski definition) is 3. The predicted molar refractivity (Wildman–Crippen MR) is 91.2 cm³/mol. The van der Waals surface area contributed by atoms with Crippen LogP contribution in [0.1, 0.15) is 35.3 Å². The van der Waals surface area contributed by atoms with Crippen molar-refractivity contribution in [2.24, 2.45) is 0 Å². The highest BCUT2D eigenvalue weighted by Gasteiger charge is 2.12. The number of ether oxygens (including phenoxy) is 1. The summed E-state index contributed by atoms with van der Waals surface area (Å²) in [4.78, 5) is 23.9. The van der Waals surface area contributed by atoms with E-state index in [9.17, 15) is 9.59 Å². The van der Waals surface area contributed by atoms with E-state index < -0.39 is 0 Å². The molecule has 0 aliphatic carbocycles. The Labute approximate surface area is 136 Å². The van der Waals surface area contributed by atoms with Crippen LogP contribution in [0.3, 0.4) is 0 Å². The summed E-state index contributed by atoms with van der Waals surface area (Å²) >= 11 is 0. The van der Waals surface area contributed by atoms with Crippen LogP contribution in [0.5, 0.6) is 5.75 Å². The van der Waals surface area contributed by atoms with Crippen LogP contribution in [0.15, 0.2) is 42.5 Å². The van der Waals surface area contributed by atoms with E-state index in [2.05, 4.69) is 5.32 Å². The van der Waals surface area contributed by atoms with Crippen molar-refractivity contribution in [3.63, 3.8) is 0 Å². The standard InChI is InChI=1S/C19H21NO3/c1-4-14-7-5-6-8-17(14)20-19(22)12-16-11-15(13(2)21)9-10-18(16)23-3/h5-11H,4,12H2,1-3H3,(H,20,22). The fourth-order valence-electron chi connectivity index (χ4n) is 2.45. The lowest BCUT2D eigenvalue weighted by atomic mass is 10.0. The molecule has 2 aromatic carbocycles. The third-order valence-electron chi connectivity index (χ3n) is 3.71. The van der Waals surface area contributed by atoms with Gasteiger partial charge in [-0.2, -0.15) is 0 Å². The van der Waals surface area contributed by atoms with Crippen molar-refractivity contribution in [1.29, 1.82) is 0 Å². The van der Waals surface area contributed by atoms with Crippen molar-refractivity contribution < 1.29 is 14.3 Å². The molecule has 2 rings (SSSR count). The molecular weight excluding hydrogens is 290 g/mol. The molecular formula is C19H21NO3. The van der Waals surface area contributed by atoms with Crippen LogP contribution in [-0.2, 0) is 17.6 Å². The monoisotopic (exact) mass is 311 g/mol. The molecule has 0 aliphatic heterocycles. The molecule has 0 saturated carbocycles. The summed E-state index contributed by atoms with van der Waals surface area (Å²) in [7, 11) is 1.55.